The minimum Gasteiger partial charge on any atom is -0.455 e. The molecule has 0 atom stereocenters. The molecular formula is C50H52OS. The van der Waals surface area contributed by atoms with Gasteiger partial charge in [0.05, 0.1) is 0 Å². The molecule has 2 heteroatoms. The standard InChI is InChI=1S/C50H52OS/c1-3-5-7-9-11-13-15-35-17-21-37(22-18-35)39-25-27-41-43-29-32-46-44(49(43)51-47(41)33-39)30-31-45-42-28-26-40(34-48(42)52-50(45)46)38-23-19-36(20-24-38)16-14-12-10-8-6-4-2/h17-34H,3-16H2,1-2H3. The Labute approximate surface area is 313 Å². The maximum Gasteiger partial charge on any atom is 0.143 e. The molecule has 8 rings (SSSR count). The summed E-state index contributed by atoms with van der Waals surface area (Å²) < 4.78 is 9.38. The van der Waals surface area contributed by atoms with E-state index in [2.05, 4.69) is 123 Å². The zero-order valence-electron chi connectivity index (χ0n) is 31.1. The van der Waals surface area contributed by atoms with Crippen molar-refractivity contribution >= 4 is 64.2 Å². The molecule has 6 aromatic carbocycles. The van der Waals surface area contributed by atoms with E-state index in [1.54, 1.807) is 0 Å². The number of hydrogen-bond donors (Lipinski definition) is 0. The zero-order chi connectivity index (χ0) is 35.3. The van der Waals surface area contributed by atoms with Crippen LogP contribution >= 0.6 is 11.3 Å². The lowest BCUT2D eigenvalue weighted by atomic mass is 9.99. The fraction of sp³-hybridized carbons (Fsp3) is 0.320. The number of fused-ring (bicyclic) bond motifs is 9. The summed E-state index contributed by atoms with van der Waals surface area (Å²) in [6.07, 6.45) is 18.5. The number of hydrogen-bond acceptors (Lipinski definition) is 2. The van der Waals surface area contributed by atoms with E-state index in [1.165, 1.54) is 165 Å². The molecule has 0 radical (unpaired) electrons. The molecular weight excluding hydrogens is 649 g/mol. The fourth-order valence-electron chi connectivity index (χ4n) is 8.18. The lowest BCUT2D eigenvalue weighted by Gasteiger charge is -2.06. The van der Waals surface area contributed by atoms with Gasteiger partial charge in [-0.15, -0.1) is 11.3 Å². The molecule has 0 saturated carbocycles. The molecule has 2 heterocycles. The third kappa shape index (κ3) is 7.28. The van der Waals surface area contributed by atoms with Crippen LogP contribution in [0.2, 0.25) is 0 Å². The number of furan rings is 1. The van der Waals surface area contributed by atoms with Crippen molar-refractivity contribution in [2.75, 3.05) is 0 Å². The van der Waals surface area contributed by atoms with E-state index in [9.17, 15) is 0 Å². The van der Waals surface area contributed by atoms with E-state index >= 15 is 0 Å². The van der Waals surface area contributed by atoms with E-state index in [0.29, 0.717) is 0 Å². The highest BCUT2D eigenvalue weighted by molar-refractivity contribution is 7.26. The maximum absolute atomic E-state index is 6.71. The average Bonchev–Trinajstić information content (AvgIpc) is 3.76. The third-order valence-corrected chi connectivity index (χ3v) is 12.5. The van der Waals surface area contributed by atoms with Crippen molar-refractivity contribution in [2.45, 2.75) is 104 Å². The second kappa shape index (κ2) is 16.1. The van der Waals surface area contributed by atoms with Crippen molar-refractivity contribution in [1.29, 1.82) is 0 Å². The van der Waals surface area contributed by atoms with Crippen LogP contribution in [-0.2, 0) is 12.8 Å². The normalized spacial score (nSPS) is 12.0. The molecule has 0 N–H and O–H groups in total. The van der Waals surface area contributed by atoms with Crippen LogP contribution in [0.1, 0.15) is 102 Å². The van der Waals surface area contributed by atoms with E-state index in [4.69, 9.17) is 4.42 Å². The van der Waals surface area contributed by atoms with Gasteiger partial charge in [-0.05, 0) is 89.4 Å². The summed E-state index contributed by atoms with van der Waals surface area (Å²) in [5.41, 5.74) is 9.86. The largest absolute Gasteiger partial charge is 0.455 e. The van der Waals surface area contributed by atoms with Crippen LogP contribution in [0.4, 0.5) is 0 Å². The van der Waals surface area contributed by atoms with Gasteiger partial charge in [0.25, 0.3) is 0 Å². The minimum atomic E-state index is 0.954. The molecule has 0 aliphatic rings. The second-order valence-corrected chi connectivity index (χ2v) is 16.1. The first-order valence-electron chi connectivity index (χ1n) is 20.1. The van der Waals surface area contributed by atoms with E-state index < -0.39 is 0 Å². The summed E-state index contributed by atoms with van der Waals surface area (Å²) in [6, 6.07) is 41.3. The molecule has 1 nitrogen and oxygen atoms in total. The number of unbranched alkanes of at least 4 members (excludes halogenated alkanes) is 10. The Morgan fingerprint density at radius 1 is 0.404 bits per heavy atom. The predicted molar refractivity (Wildman–Crippen MR) is 229 cm³/mol. The minimum absolute atomic E-state index is 0.954. The molecule has 0 spiro atoms. The number of rotatable bonds is 16. The van der Waals surface area contributed by atoms with Crippen molar-refractivity contribution in [3.63, 3.8) is 0 Å². The van der Waals surface area contributed by atoms with Gasteiger partial charge in [-0.2, -0.15) is 0 Å². The lowest BCUT2D eigenvalue weighted by Crippen LogP contribution is -1.87. The van der Waals surface area contributed by atoms with Crippen molar-refractivity contribution in [1.82, 2.24) is 0 Å². The second-order valence-electron chi connectivity index (χ2n) is 15.0. The topological polar surface area (TPSA) is 13.1 Å². The first-order chi connectivity index (χ1) is 25.7. The van der Waals surface area contributed by atoms with Crippen LogP contribution in [-0.4, -0.2) is 0 Å². The van der Waals surface area contributed by atoms with Gasteiger partial charge < -0.3 is 4.42 Å². The van der Waals surface area contributed by atoms with Crippen molar-refractivity contribution in [3.8, 4) is 22.3 Å². The van der Waals surface area contributed by atoms with Crippen molar-refractivity contribution in [2.24, 2.45) is 0 Å². The fourth-order valence-corrected chi connectivity index (χ4v) is 9.45. The molecule has 0 bridgehead atoms. The Hall–Kier alpha value is -4.40. The molecule has 52 heavy (non-hydrogen) atoms. The van der Waals surface area contributed by atoms with Crippen LogP contribution in [0.3, 0.4) is 0 Å². The molecule has 8 aromatic rings. The van der Waals surface area contributed by atoms with Gasteiger partial charge in [-0.1, -0.05) is 157 Å². The number of benzene rings is 6. The predicted octanol–water partition coefficient (Wildman–Crippen LogP) is 16.2. The Kier molecular flexibility index (Phi) is 10.7. The van der Waals surface area contributed by atoms with Crippen molar-refractivity contribution in [3.05, 3.63) is 120 Å². The van der Waals surface area contributed by atoms with Gasteiger partial charge in [-0.25, -0.2) is 0 Å². The molecule has 2 aromatic heterocycles. The Balaban J connectivity index is 1.02. The highest BCUT2D eigenvalue weighted by Gasteiger charge is 2.16. The van der Waals surface area contributed by atoms with E-state index in [0.717, 1.165) is 11.2 Å². The molecule has 264 valence electrons. The third-order valence-electron chi connectivity index (χ3n) is 11.3. The quantitative estimate of drug-likeness (QED) is 0.0915. The summed E-state index contributed by atoms with van der Waals surface area (Å²) in [7, 11) is 0. The molecule has 0 fully saturated rings. The molecule has 0 amide bonds. The summed E-state index contributed by atoms with van der Waals surface area (Å²) in [5, 5.41) is 7.48. The summed E-state index contributed by atoms with van der Waals surface area (Å²) >= 11 is 1.91. The Bertz CT molecular complexity index is 2250. The summed E-state index contributed by atoms with van der Waals surface area (Å²) in [6.45, 7) is 4.57. The van der Waals surface area contributed by atoms with Crippen molar-refractivity contribution < 1.29 is 4.42 Å². The summed E-state index contributed by atoms with van der Waals surface area (Å²) in [5.74, 6) is 0. The monoisotopic (exact) mass is 700 g/mol. The summed E-state index contributed by atoms with van der Waals surface area (Å²) in [4.78, 5) is 0. The Morgan fingerprint density at radius 2 is 0.846 bits per heavy atom. The van der Waals surface area contributed by atoms with Crippen LogP contribution in [0.5, 0.6) is 0 Å². The maximum atomic E-state index is 6.71. The van der Waals surface area contributed by atoms with E-state index in [1.807, 2.05) is 11.3 Å². The molecule has 0 unspecified atom stereocenters. The van der Waals surface area contributed by atoms with Gasteiger partial charge in [0.1, 0.15) is 11.2 Å². The highest BCUT2D eigenvalue weighted by atomic mass is 32.1. The van der Waals surface area contributed by atoms with Gasteiger partial charge in [0.15, 0.2) is 0 Å². The van der Waals surface area contributed by atoms with E-state index in [-0.39, 0.29) is 0 Å². The zero-order valence-corrected chi connectivity index (χ0v) is 31.9. The highest BCUT2D eigenvalue weighted by Crippen LogP contribution is 2.43. The van der Waals surface area contributed by atoms with Gasteiger partial charge in [-0.3, -0.25) is 0 Å². The first kappa shape index (κ1) is 34.7. The van der Waals surface area contributed by atoms with Crippen LogP contribution < -0.4 is 0 Å². The lowest BCUT2D eigenvalue weighted by molar-refractivity contribution is 0.607. The molecule has 0 saturated heterocycles. The van der Waals surface area contributed by atoms with Crippen LogP contribution in [0, 0.1) is 0 Å². The Morgan fingerprint density at radius 3 is 1.44 bits per heavy atom. The average molecular weight is 701 g/mol. The van der Waals surface area contributed by atoms with Gasteiger partial charge in [0, 0.05) is 41.7 Å². The van der Waals surface area contributed by atoms with Crippen LogP contribution in [0.25, 0.3) is 75.1 Å². The van der Waals surface area contributed by atoms with Gasteiger partial charge in [0.2, 0.25) is 0 Å². The smallest absolute Gasteiger partial charge is 0.143 e. The van der Waals surface area contributed by atoms with Gasteiger partial charge >= 0.3 is 0 Å². The van der Waals surface area contributed by atoms with Crippen LogP contribution in [0.15, 0.2) is 114 Å². The molecule has 0 aliphatic carbocycles. The SMILES string of the molecule is CCCCCCCCc1ccc(-c2ccc3c(c2)oc2c3ccc3c2ccc2c4ccc(-c5ccc(CCCCCCCC)cc5)cc4sc23)cc1. The number of aryl methyl sites for hydroxylation is 2. The molecule has 0 aliphatic heterocycles. The first-order valence-corrected chi connectivity index (χ1v) is 20.9. The number of thiophene rings is 1.